The average Bonchev–Trinajstić information content (AvgIpc) is 3.22. The van der Waals surface area contributed by atoms with Gasteiger partial charge in [0.1, 0.15) is 4.32 Å². The molecule has 0 aliphatic carbocycles. The Morgan fingerprint density at radius 3 is 2.44 bits per heavy atom. The summed E-state index contributed by atoms with van der Waals surface area (Å²) in [4.78, 5) is 42.4. The highest BCUT2D eigenvalue weighted by Gasteiger charge is 2.42. The second kappa shape index (κ2) is 13.6. The van der Waals surface area contributed by atoms with Gasteiger partial charge in [0.15, 0.2) is 24.1 Å². The van der Waals surface area contributed by atoms with Crippen LogP contribution in [0.15, 0.2) is 53.4 Å². The number of carbonyl (C=O) groups excluding carboxylic acids is 3. The largest absolute Gasteiger partial charge is 0.490 e. The van der Waals surface area contributed by atoms with Gasteiger partial charge >= 0.3 is 5.97 Å². The number of carbonyl (C=O) groups is 3. The fraction of sp³-hybridized carbons (Fsp3) is 0.379. The molecule has 0 saturated carbocycles. The summed E-state index contributed by atoms with van der Waals surface area (Å²) in [6, 6.07) is 13.3. The van der Waals surface area contributed by atoms with Crippen LogP contribution in [0.4, 0.5) is 0 Å². The Morgan fingerprint density at radius 2 is 1.74 bits per heavy atom. The van der Waals surface area contributed by atoms with Gasteiger partial charge in [-0.1, -0.05) is 60.4 Å². The Balaban J connectivity index is 1.53. The van der Waals surface area contributed by atoms with Gasteiger partial charge in [0.2, 0.25) is 0 Å². The number of benzene rings is 2. The minimum atomic E-state index is -0.975. The number of hydrogen-bond donors (Lipinski definition) is 0. The van der Waals surface area contributed by atoms with E-state index in [0.717, 1.165) is 44.1 Å². The first-order valence-electron chi connectivity index (χ1n) is 13.1. The third kappa shape index (κ3) is 6.99. The van der Waals surface area contributed by atoms with Crippen molar-refractivity contribution in [1.29, 1.82) is 0 Å². The molecule has 2 aromatic carbocycles. The third-order valence-electron chi connectivity index (χ3n) is 6.33. The van der Waals surface area contributed by atoms with E-state index in [-0.39, 0.29) is 29.3 Å². The van der Waals surface area contributed by atoms with Crippen molar-refractivity contribution in [2.24, 2.45) is 0 Å². The monoisotopic (exact) mass is 568 g/mol. The fourth-order valence-corrected chi connectivity index (χ4v) is 5.79. The van der Waals surface area contributed by atoms with Gasteiger partial charge in [0.05, 0.1) is 18.1 Å². The first-order valence-corrected chi connectivity index (χ1v) is 14.3. The van der Waals surface area contributed by atoms with E-state index in [4.69, 9.17) is 26.4 Å². The molecule has 0 aromatic heterocycles. The maximum atomic E-state index is 13.5. The Labute approximate surface area is 238 Å². The highest BCUT2D eigenvalue weighted by atomic mass is 32.2. The lowest BCUT2D eigenvalue weighted by Gasteiger charge is -2.26. The van der Waals surface area contributed by atoms with Crippen LogP contribution in [0, 0.1) is 0 Å². The summed E-state index contributed by atoms with van der Waals surface area (Å²) < 4.78 is 17.1. The van der Waals surface area contributed by atoms with E-state index in [0.29, 0.717) is 34.1 Å². The van der Waals surface area contributed by atoms with Gasteiger partial charge in [-0.05, 0) is 62.4 Å². The summed E-state index contributed by atoms with van der Waals surface area (Å²) in [5, 5.41) is 0. The minimum absolute atomic E-state index is 0.0422. The molecule has 2 aliphatic heterocycles. The summed E-state index contributed by atoms with van der Waals surface area (Å²) in [6.45, 7) is 5.63. The number of thiocarbonyl (C=S) groups is 1. The van der Waals surface area contributed by atoms with Crippen LogP contribution in [0.2, 0.25) is 0 Å². The van der Waals surface area contributed by atoms with E-state index >= 15 is 0 Å². The molecule has 39 heavy (non-hydrogen) atoms. The van der Waals surface area contributed by atoms with Gasteiger partial charge < -0.3 is 19.1 Å². The summed E-state index contributed by atoms with van der Waals surface area (Å²) in [6.07, 6.45) is 4.89. The van der Waals surface area contributed by atoms with Crippen molar-refractivity contribution >= 4 is 52.2 Å². The van der Waals surface area contributed by atoms with Crippen molar-refractivity contribution < 1.29 is 28.6 Å². The second-order valence-corrected chi connectivity index (χ2v) is 10.7. The van der Waals surface area contributed by atoms with Crippen LogP contribution in [0.1, 0.15) is 50.3 Å². The SMILES string of the molecule is CCOC(=O)C(c1ccccc1)N1C(=O)/C(=C\c2ccc(OCC(=O)N3CCCCC3)c(OCC)c2)SC1=S. The molecule has 2 aliphatic rings. The molecule has 2 heterocycles. The van der Waals surface area contributed by atoms with E-state index in [1.165, 1.54) is 4.90 Å². The van der Waals surface area contributed by atoms with Crippen LogP contribution < -0.4 is 9.47 Å². The van der Waals surface area contributed by atoms with Gasteiger partial charge in [-0.3, -0.25) is 14.5 Å². The van der Waals surface area contributed by atoms with E-state index in [1.807, 2.05) is 17.9 Å². The predicted octanol–water partition coefficient (Wildman–Crippen LogP) is 4.98. The average molecular weight is 569 g/mol. The number of likely N-dealkylation sites (tertiary alicyclic amines) is 1. The van der Waals surface area contributed by atoms with E-state index in [1.54, 1.807) is 55.5 Å². The van der Waals surface area contributed by atoms with E-state index in [2.05, 4.69) is 0 Å². The molecule has 2 saturated heterocycles. The number of rotatable bonds is 10. The van der Waals surface area contributed by atoms with E-state index < -0.39 is 12.0 Å². The summed E-state index contributed by atoms with van der Waals surface area (Å²) in [7, 11) is 0. The van der Waals surface area contributed by atoms with Crippen molar-refractivity contribution in [3.05, 3.63) is 64.6 Å². The molecule has 4 rings (SSSR count). The number of piperidine rings is 1. The molecular formula is C29H32N2O6S2. The molecule has 0 spiro atoms. The Kier molecular flexibility index (Phi) is 10.00. The molecule has 1 atom stereocenters. The third-order valence-corrected chi connectivity index (χ3v) is 7.66. The molecule has 0 N–H and O–H groups in total. The van der Waals surface area contributed by atoms with Crippen molar-refractivity contribution in [2.45, 2.75) is 39.2 Å². The molecule has 0 radical (unpaired) electrons. The quantitative estimate of drug-likeness (QED) is 0.225. The number of nitrogens with zero attached hydrogens (tertiary/aromatic N) is 2. The van der Waals surface area contributed by atoms with Crippen molar-refractivity contribution in [3.63, 3.8) is 0 Å². The van der Waals surface area contributed by atoms with Crippen LogP contribution in [0.25, 0.3) is 6.08 Å². The first kappa shape index (κ1) is 28.6. The highest BCUT2D eigenvalue weighted by molar-refractivity contribution is 8.26. The zero-order valence-corrected chi connectivity index (χ0v) is 23.7. The van der Waals surface area contributed by atoms with Crippen LogP contribution in [-0.4, -0.2) is 64.8 Å². The Hall–Kier alpha value is -3.37. The molecule has 0 bridgehead atoms. The summed E-state index contributed by atoms with van der Waals surface area (Å²) in [5.41, 5.74) is 1.31. The van der Waals surface area contributed by atoms with Crippen LogP contribution >= 0.6 is 24.0 Å². The molecule has 8 nitrogen and oxygen atoms in total. The maximum absolute atomic E-state index is 13.5. The number of ether oxygens (including phenoxy) is 3. The lowest BCUT2D eigenvalue weighted by atomic mass is 10.1. The minimum Gasteiger partial charge on any atom is -0.490 e. The molecule has 206 valence electrons. The van der Waals surface area contributed by atoms with Gasteiger partial charge in [-0.15, -0.1) is 0 Å². The molecule has 1 unspecified atom stereocenters. The Bertz CT molecular complexity index is 1240. The molecule has 2 fully saturated rings. The smallest absolute Gasteiger partial charge is 0.333 e. The summed E-state index contributed by atoms with van der Waals surface area (Å²) >= 11 is 6.66. The maximum Gasteiger partial charge on any atom is 0.333 e. The van der Waals surface area contributed by atoms with Crippen LogP contribution in [0.3, 0.4) is 0 Å². The molecule has 2 aromatic rings. The van der Waals surface area contributed by atoms with Gasteiger partial charge in [-0.25, -0.2) is 4.79 Å². The van der Waals surface area contributed by atoms with E-state index in [9.17, 15) is 14.4 Å². The Morgan fingerprint density at radius 1 is 1.00 bits per heavy atom. The number of esters is 1. The van der Waals surface area contributed by atoms with Crippen molar-refractivity contribution in [3.8, 4) is 11.5 Å². The lowest BCUT2D eigenvalue weighted by molar-refractivity contribution is -0.151. The highest BCUT2D eigenvalue weighted by Crippen LogP contribution is 2.39. The van der Waals surface area contributed by atoms with Gasteiger partial charge in [0.25, 0.3) is 11.8 Å². The van der Waals surface area contributed by atoms with Gasteiger partial charge in [0, 0.05) is 13.1 Å². The number of amides is 2. The second-order valence-electron chi connectivity index (χ2n) is 8.99. The predicted molar refractivity (Wildman–Crippen MR) is 154 cm³/mol. The zero-order chi connectivity index (χ0) is 27.8. The first-order chi connectivity index (χ1) is 18.9. The number of hydrogen-bond acceptors (Lipinski definition) is 8. The van der Waals surface area contributed by atoms with Crippen LogP contribution in [-0.2, 0) is 19.1 Å². The molecule has 2 amide bonds. The molecular weight excluding hydrogens is 536 g/mol. The number of thioether (sulfide) groups is 1. The van der Waals surface area contributed by atoms with Crippen molar-refractivity contribution in [2.75, 3.05) is 32.9 Å². The van der Waals surface area contributed by atoms with Gasteiger partial charge in [-0.2, -0.15) is 0 Å². The fourth-order valence-electron chi connectivity index (χ4n) is 4.48. The van der Waals surface area contributed by atoms with Crippen LogP contribution in [0.5, 0.6) is 11.5 Å². The topological polar surface area (TPSA) is 85.4 Å². The summed E-state index contributed by atoms with van der Waals surface area (Å²) in [5.74, 6) is -0.0301. The lowest BCUT2D eigenvalue weighted by Crippen LogP contribution is -2.38. The van der Waals surface area contributed by atoms with Crippen molar-refractivity contribution in [1.82, 2.24) is 9.80 Å². The molecule has 10 heteroatoms. The normalized spacial score (nSPS) is 17.3. The zero-order valence-electron chi connectivity index (χ0n) is 22.1. The standard InChI is InChI=1S/C29H32N2O6S2/c1-3-35-23-17-20(13-14-22(23)37-19-25(32)30-15-9-6-10-16-30)18-24-27(33)31(29(38)39-24)26(28(34)36-4-2)21-11-7-5-8-12-21/h5,7-8,11-14,17-18,26H,3-4,6,9-10,15-16,19H2,1-2H3/b24-18+.